The normalized spacial score (nSPS) is 10.0. The second-order valence-electron chi connectivity index (χ2n) is 3.49. The van der Waals surface area contributed by atoms with Crippen LogP contribution in [0.2, 0.25) is 0 Å². The highest BCUT2D eigenvalue weighted by Gasteiger charge is 2.11. The molecule has 98 valence electrons. The van der Waals surface area contributed by atoms with Gasteiger partial charge in [-0.05, 0) is 18.2 Å². The second-order valence-corrected chi connectivity index (χ2v) is 5.31. The molecule has 0 atom stereocenters. The zero-order valence-electron chi connectivity index (χ0n) is 9.51. The molecular formula is C11H9BrN4O2S. The maximum absolute atomic E-state index is 11.9. The average Bonchev–Trinajstić information content (AvgIpc) is 2.86. The van der Waals surface area contributed by atoms with E-state index in [1.165, 1.54) is 17.5 Å². The van der Waals surface area contributed by atoms with Crippen molar-refractivity contribution in [2.75, 3.05) is 5.32 Å². The number of nitrogen functional groups attached to an aromatic ring is 1. The standard InChI is InChI=1S/C11H9BrN4O2S/c12-6-1-2-14-8(3-6)10(17)15-7-4-9(19-5-7)11(18)16-13/h1-5H,13H2,(H,15,17)(H,16,18). The van der Waals surface area contributed by atoms with Crippen molar-refractivity contribution in [3.05, 3.63) is 44.8 Å². The van der Waals surface area contributed by atoms with E-state index < -0.39 is 5.91 Å². The summed E-state index contributed by atoms with van der Waals surface area (Å²) < 4.78 is 0.765. The molecule has 4 N–H and O–H groups in total. The van der Waals surface area contributed by atoms with Crippen LogP contribution in [-0.4, -0.2) is 16.8 Å². The van der Waals surface area contributed by atoms with E-state index in [0.29, 0.717) is 10.6 Å². The summed E-state index contributed by atoms with van der Waals surface area (Å²) in [5.41, 5.74) is 2.83. The number of hydrogen-bond donors (Lipinski definition) is 3. The Morgan fingerprint density at radius 1 is 1.32 bits per heavy atom. The third kappa shape index (κ3) is 3.37. The van der Waals surface area contributed by atoms with Gasteiger partial charge in [0.15, 0.2) is 0 Å². The Labute approximate surface area is 121 Å². The van der Waals surface area contributed by atoms with Crippen LogP contribution >= 0.6 is 27.3 Å². The molecule has 0 saturated carbocycles. The number of amides is 2. The topological polar surface area (TPSA) is 97.1 Å². The molecule has 0 spiro atoms. The lowest BCUT2D eigenvalue weighted by molar-refractivity contribution is 0.0956. The first-order chi connectivity index (χ1) is 9.10. The highest BCUT2D eigenvalue weighted by Crippen LogP contribution is 2.20. The molecule has 6 nitrogen and oxygen atoms in total. The lowest BCUT2D eigenvalue weighted by atomic mass is 10.3. The van der Waals surface area contributed by atoms with Crippen LogP contribution in [0, 0.1) is 0 Å². The molecule has 0 bridgehead atoms. The lowest BCUT2D eigenvalue weighted by Crippen LogP contribution is -2.29. The molecule has 8 heteroatoms. The number of anilines is 1. The Hall–Kier alpha value is -1.77. The van der Waals surface area contributed by atoms with Crippen molar-refractivity contribution in [1.29, 1.82) is 0 Å². The van der Waals surface area contributed by atoms with E-state index in [2.05, 4.69) is 26.2 Å². The van der Waals surface area contributed by atoms with Gasteiger partial charge in [-0.3, -0.25) is 20.0 Å². The maximum atomic E-state index is 11.9. The Morgan fingerprint density at radius 2 is 2.11 bits per heavy atom. The minimum absolute atomic E-state index is 0.283. The molecular weight excluding hydrogens is 332 g/mol. The molecule has 2 aromatic heterocycles. The summed E-state index contributed by atoms with van der Waals surface area (Å²) in [6.45, 7) is 0. The molecule has 2 amide bonds. The van der Waals surface area contributed by atoms with Crippen LogP contribution in [0.4, 0.5) is 5.69 Å². The van der Waals surface area contributed by atoms with Crippen LogP contribution in [-0.2, 0) is 0 Å². The van der Waals surface area contributed by atoms with Crippen molar-refractivity contribution in [2.45, 2.75) is 0 Å². The smallest absolute Gasteiger partial charge is 0.275 e. The van der Waals surface area contributed by atoms with Crippen LogP contribution < -0.4 is 16.6 Å². The molecule has 19 heavy (non-hydrogen) atoms. The van der Waals surface area contributed by atoms with Gasteiger partial charge in [0.05, 0.1) is 10.6 Å². The fraction of sp³-hybridized carbons (Fsp3) is 0. The Balaban J connectivity index is 2.11. The van der Waals surface area contributed by atoms with Gasteiger partial charge in [0.2, 0.25) is 0 Å². The monoisotopic (exact) mass is 340 g/mol. The first kappa shape index (κ1) is 13.7. The van der Waals surface area contributed by atoms with Gasteiger partial charge in [-0.1, -0.05) is 15.9 Å². The Morgan fingerprint density at radius 3 is 2.79 bits per heavy atom. The summed E-state index contributed by atoms with van der Waals surface area (Å²) >= 11 is 4.45. The molecule has 0 radical (unpaired) electrons. The zero-order valence-corrected chi connectivity index (χ0v) is 11.9. The summed E-state index contributed by atoms with van der Waals surface area (Å²) in [6.07, 6.45) is 1.53. The average molecular weight is 341 g/mol. The van der Waals surface area contributed by atoms with E-state index in [4.69, 9.17) is 5.84 Å². The second kappa shape index (κ2) is 5.91. The van der Waals surface area contributed by atoms with Gasteiger partial charge in [-0.15, -0.1) is 11.3 Å². The van der Waals surface area contributed by atoms with Crippen molar-refractivity contribution in [1.82, 2.24) is 10.4 Å². The van der Waals surface area contributed by atoms with Gasteiger partial charge < -0.3 is 5.32 Å². The van der Waals surface area contributed by atoms with Crippen LogP contribution in [0.5, 0.6) is 0 Å². The van der Waals surface area contributed by atoms with Crippen LogP contribution in [0.1, 0.15) is 20.2 Å². The minimum Gasteiger partial charge on any atom is -0.320 e. The molecule has 2 heterocycles. The number of rotatable bonds is 3. The van der Waals surface area contributed by atoms with Crippen molar-refractivity contribution in [3.63, 3.8) is 0 Å². The molecule has 0 aliphatic rings. The zero-order chi connectivity index (χ0) is 13.8. The Bertz CT molecular complexity index is 629. The van der Waals surface area contributed by atoms with Crippen LogP contribution in [0.3, 0.4) is 0 Å². The third-order valence-electron chi connectivity index (χ3n) is 2.17. The summed E-state index contributed by atoms with van der Waals surface area (Å²) in [5.74, 6) is 4.28. The van der Waals surface area contributed by atoms with Gasteiger partial charge in [-0.25, -0.2) is 5.84 Å². The predicted molar refractivity (Wildman–Crippen MR) is 75.9 cm³/mol. The fourth-order valence-corrected chi connectivity index (χ4v) is 2.39. The molecule has 0 aromatic carbocycles. The maximum Gasteiger partial charge on any atom is 0.275 e. The molecule has 2 rings (SSSR count). The van der Waals surface area contributed by atoms with Crippen molar-refractivity contribution < 1.29 is 9.59 Å². The molecule has 0 unspecified atom stereocenters. The highest BCUT2D eigenvalue weighted by molar-refractivity contribution is 9.10. The number of halogens is 1. The van der Waals surface area contributed by atoms with Crippen LogP contribution in [0.15, 0.2) is 34.2 Å². The number of hydrazine groups is 1. The molecule has 0 aliphatic heterocycles. The summed E-state index contributed by atoms with van der Waals surface area (Å²) in [7, 11) is 0. The first-order valence-electron chi connectivity index (χ1n) is 5.12. The SMILES string of the molecule is NNC(=O)c1cc(NC(=O)c2cc(Br)ccn2)cs1. The Kier molecular flexibility index (Phi) is 4.25. The van der Waals surface area contributed by atoms with Gasteiger partial charge in [0, 0.05) is 16.0 Å². The fourth-order valence-electron chi connectivity index (χ4n) is 1.32. The number of pyridine rings is 1. The number of nitrogens with zero attached hydrogens (tertiary/aromatic N) is 1. The molecule has 2 aromatic rings. The number of carbonyl (C=O) groups is 2. The van der Waals surface area contributed by atoms with E-state index in [1.807, 2.05) is 5.43 Å². The van der Waals surface area contributed by atoms with Gasteiger partial charge >= 0.3 is 0 Å². The summed E-state index contributed by atoms with van der Waals surface area (Å²) in [4.78, 5) is 27.5. The molecule has 0 aliphatic carbocycles. The summed E-state index contributed by atoms with van der Waals surface area (Å²) in [5, 5.41) is 4.31. The number of nitrogens with one attached hydrogen (secondary N) is 2. The van der Waals surface area contributed by atoms with Crippen LogP contribution in [0.25, 0.3) is 0 Å². The van der Waals surface area contributed by atoms with E-state index >= 15 is 0 Å². The van der Waals surface area contributed by atoms with Gasteiger partial charge in [0.25, 0.3) is 11.8 Å². The molecule has 0 fully saturated rings. The van der Waals surface area contributed by atoms with Crippen molar-refractivity contribution >= 4 is 44.8 Å². The predicted octanol–water partition coefficient (Wildman–Crippen LogP) is 1.76. The number of thiophene rings is 1. The number of nitrogens with two attached hydrogens (primary N) is 1. The number of hydrogen-bond acceptors (Lipinski definition) is 5. The van der Waals surface area contributed by atoms with E-state index in [9.17, 15) is 9.59 Å². The number of carbonyl (C=O) groups excluding carboxylic acids is 2. The minimum atomic E-state index is -0.397. The van der Waals surface area contributed by atoms with Gasteiger partial charge in [0.1, 0.15) is 5.69 Å². The van der Waals surface area contributed by atoms with Crippen molar-refractivity contribution in [2.24, 2.45) is 5.84 Å². The first-order valence-corrected chi connectivity index (χ1v) is 6.80. The quantitative estimate of drug-likeness (QED) is 0.450. The third-order valence-corrected chi connectivity index (χ3v) is 3.59. The van der Waals surface area contributed by atoms with E-state index in [-0.39, 0.29) is 11.6 Å². The lowest BCUT2D eigenvalue weighted by Gasteiger charge is -2.02. The van der Waals surface area contributed by atoms with E-state index in [1.54, 1.807) is 23.6 Å². The van der Waals surface area contributed by atoms with Crippen molar-refractivity contribution in [3.8, 4) is 0 Å². The highest BCUT2D eigenvalue weighted by atomic mass is 79.9. The summed E-state index contributed by atoms with van der Waals surface area (Å²) in [6, 6.07) is 4.88. The van der Waals surface area contributed by atoms with Gasteiger partial charge in [-0.2, -0.15) is 0 Å². The largest absolute Gasteiger partial charge is 0.320 e. The number of aromatic nitrogens is 1. The molecule has 0 saturated heterocycles. The van der Waals surface area contributed by atoms with E-state index in [0.717, 1.165) is 4.47 Å².